The zero-order valence-corrected chi connectivity index (χ0v) is 15.2. The molecule has 1 aliphatic heterocycles. The summed E-state index contributed by atoms with van der Waals surface area (Å²) >= 11 is 6.14. The Hall–Kier alpha value is -2.54. The van der Waals surface area contributed by atoms with E-state index in [9.17, 15) is 8.42 Å². The molecule has 3 aromatic rings. The lowest BCUT2D eigenvalue weighted by Crippen LogP contribution is -2.49. The van der Waals surface area contributed by atoms with Crippen LogP contribution in [-0.2, 0) is 20.3 Å². The number of hydrogen-bond donors (Lipinski definition) is 2. The van der Waals surface area contributed by atoms with Gasteiger partial charge in [0, 0.05) is 17.8 Å². The van der Waals surface area contributed by atoms with Crippen molar-refractivity contribution in [2.45, 2.75) is 17.4 Å². The lowest BCUT2D eigenvalue weighted by molar-refractivity contribution is -0.0959. The highest BCUT2D eigenvalue weighted by Gasteiger charge is 2.37. The topological polar surface area (TPSA) is 113 Å². The SMILES string of the molecule is CC1(n2cc(S(=O)(=O)Nc3ccc(Cl)c4c(C#N)c[nH]c34)cn2)COC1. The molecule has 1 aliphatic rings. The first-order valence-electron chi connectivity index (χ1n) is 7.69. The Morgan fingerprint density at radius 3 is 2.88 bits per heavy atom. The third-order valence-corrected chi connectivity index (χ3v) is 6.03. The number of H-pyrrole nitrogens is 1. The van der Waals surface area contributed by atoms with Gasteiger partial charge >= 0.3 is 0 Å². The van der Waals surface area contributed by atoms with Gasteiger partial charge in [-0.2, -0.15) is 10.4 Å². The van der Waals surface area contributed by atoms with E-state index in [4.69, 9.17) is 21.6 Å². The summed E-state index contributed by atoms with van der Waals surface area (Å²) in [7, 11) is -3.86. The highest BCUT2D eigenvalue weighted by molar-refractivity contribution is 7.92. The number of benzene rings is 1. The molecule has 0 atom stereocenters. The van der Waals surface area contributed by atoms with Crippen LogP contribution in [0.15, 0.2) is 35.6 Å². The van der Waals surface area contributed by atoms with Crippen molar-refractivity contribution in [3.63, 3.8) is 0 Å². The fourth-order valence-electron chi connectivity index (χ4n) is 2.85. The number of anilines is 1. The van der Waals surface area contributed by atoms with Gasteiger partial charge in [0.1, 0.15) is 16.5 Å². The van der Waals surface area contributed by atoms with Crippen LogP contribution in [0.1, 0.15) is 12.5 Å². The minimum Gasteiger partial charge on any atom is -0.376 e. The molecule has 8 nitrogen and oxygen atoms in total. The standard InChI is InChI=1S/C16H14ClN5O3S/c1-16(8-25-9-16)22-7-11(6-20-22)26(23,24)21-13-3-2-12(17)14-10(4-18)5-19-15(13)14/h2-3,5-7,19,21H,8-9H2,1H3. The van der Waals surface area contributed by atoms with Crippen molar-refractivity contribution in [1.29, 1.82) is 5.26 Å². The van der Waals surface area contributed by atoms with Crippen LogP contribution in [0.3, 0.4) is 0 Å². The Balaban J connectivity index is 1.71. The molecule has 1 saturated heterocycles. The van der Waals surface area contributed by atoms with Crippen LogP contribution in [-0.4, -0.2) is 36.4 Å². The molecule has 3 heterocycles. The van der Waals surface area contributed by atoms with Gasteiger partial charge in [-0.15, -0.1) is 0 Å². The molecular formula is C16H14ClN5O3S. The summed E-state index contributed by atoms with van der Waals surface area (Å²) in [6.07, 6.45) is 4.27. The summed E-state index contributed by atoms with van der Waals surface area (Å²) in [5.41, 5.74) is 0.764. The Bertz CT molecular complexity index is 1150. The van der Waals surface area contributed by atoms with Crippen LogP contribution < -0.4 is 4.72 Å². The second-order valence-corrected chi connectivity index (χ2v) is 8.46. The smallest absolute Gasteiger partial charge is 0.265 e. The van der Waals surface area contributed by atoms with Crippen LogP contribution in [0.4, 0.5) is 5.69 Å². The minimum absolute atomic E-state index is 0.0424. The van der Waals surface area contributed by atoms with Gasteiger partial charge in [0.05, 0.1) is 41.2 Å². The third kappa shape index (κ3) is 2.54. The Morgan fingerprint density at radius 1 is 1.46 bits per heavy atom. The van der Waals surface area contributed by atoms with Crippen molar-refractivity contribution in [1.82, 2.24) is 14.8 Å². The Labute approximate surface area is 154 Å². The number of nitrogens with one attached hydrogen (secondary N) is 2. The molecule has 4 rings (SSSR count). The molecule has 2 N–H and O–H groups in total. The second kappa shape index (κ2) is 5.74. The molecule has 0 amide bonds. The predicted octanol–water partition coefficient (Wildman–Crippen LogP) is 2.44. The minimum atomic E-state index is -3.86. The molecule has 134 valence electrons. The molecule has 10 heteroatoms. The van der Waals surface area contributed by atoms with E-state index < -0.39 is 10.0 Å². The van der Waals surface area contributed by atoms with Crippen molar-refractivity contribution in [2.75, 3.05) is 17.9 Å². The molecule has 1 aromatic carbocycles. The van der Waals surface area contributed by atoms with Gasteiger partial charge in [0.25, 0.3) is 10.0 Å². The van der Waals surface area contributed by atoms with E-state index in [1.165, 1.54) is 18.6 Å². The summed E-state index contributed by atoms with van der Waals surface area (Å²) < 4.78 is 34.8. The van der Waals surface area contributed by atoms with Crippen molar-refractivity contribution >= 4 is 38.2 Å². The van der Waals surface area contributed by atoms with E-state index >= 15 is 0 Å². The number of nitrogens with zero attached hydrogens (tertiary/aromatic N) is 3. The van der Waals surface area contributed by atoms with Crippen molar-refractivity contribution in [2.24, 2.45) is 0 Å². The maximum Gasteiger partial charge on any atom is 0.265 e. The summed E-state index contributed by atoms with van der Waals surface area (Å²) in [6.45, 7) is 2.91. The number of ether oxygens (including phenoxy) is 1. The first kappa shape index (κ1) is 16.9. The van der Waals surface area contributed by atoms with Crippen LogP contribution in [0.5, 0.6) is 0 Å². The number of nitriles is 1. The molecule has 0 unspecified atom stereocenters. The molecule has 2 aromatic heterocycles. The lowest BCUT2D eigenvalue weighted by Gasteiger charge is -2.38. The largest absolute Gasteiger partial charge is 0.376 e. The summed E-state index contributed by atoms with van der Waals surface area (Å²) in [4.78, 5) is 2.94. The summed E-state index contributed by atoms with van der Waals surface area (Å²) in [5.74, 6) is 0. The molecule has 0 spiro atoms. The predicted molar refractivity (Wildman–Crippen MR) is 95.5 cm³/mol. The number of sulfonamides is 1. The zero-order valence-electron chi connectivity index (χ0n) is 13.7. The van der Waals surface area contributed by atoms with Gasteiger partial charge in [0.15, 0.2) is 0 Å². The molecule has 0 aliphatic carbocycles. The van der Waals surface area contributed by atoms with Crippen LogP contribution in [0, 0.1) is 11.3 Å². The second-order valence-electron chi connectivity index (χ2n) is 6.37. The first-order chi connectivity index (χ1) is 12.3. The maximum absolute atomic E-state index is 12.7. The lowest BCUT2D eigenvalue weighted by atomic mass is 10.0. The Kier molecular flexibility index (Phi) is 3.73. The van der Waals surface area contributed by atoms with E-state index in [0.29, 0.717) is 40.4 Å². The molecule has 0 saturated carbocycles. The van der Waals surface area contributed by atoms with Crippen LogP contribution >= 0.6 is 11.6 Å². The van der Waals surface area contributed by atoms with Gasteiger partial charge in [-0.05, 0) is 19.1 Å². The third-order valence-electron chi connectivity index (χ3n) is 4.40. The van der Waals surface area contributed by atoms with E-state index in [-0.39, 0.29) is 10.4 Å². The van der Waals surface area contributed by atoms with Crippen molar-refractivity contribution < 1.29 is 13.2 Å². The number of rotatable bonds is 4. The van der Waals surface area contributed by atoms with Gasteiger partial charge in [-0.1, -0.05) is 11.6 Å². The summed E-state index contributed by atoms with van der Waals surface area (Å²) in [6, 6.07) is 5.12. The molecule has 0 radical (unpaired) electrons. The molecule has 1 fully saturated rings. The highest BCUT2D eigenvalue weighted by Crippen LogP contribution is 2.33. The average molecular weight is 392 g/mol. The fourth-order valence-corrected chi connectivity index (χ4v) is 4.12. The number of halogens is 1. The highest BCUT2D eigenvalue weighted by atomic mass is 35.5. The van der Waals surface area contributed by atoms with Crippen molar-refractivity contribution in [3.8, 4) is 6.07 Å². The number of hydrogen-bond acceptors (Lipinski definition) is 5. The van der Waals surface area contributed by atoms with Gasteiger partial charge in [0.2, 0.25) is 0 Å². The average Bonchev–Trinajstić information content (AvgIpc) is 3.22. The molecule has 26 heavy (non-hydrogen) atoms. The maximum atomic E-state index is 12.7. The van der Waals surface area contributed by atoms with Gasteiger partial charge in [-0.25, -0.2) is 8.42 Å². The van der Waals surface area contributed by atoms with E-state index in [1.807, 2.05) is 13.0 Å². The van der Waals surface area contributed by atoms with Crippen LogP contribution in [0.2, 0.25) is 5.02 Å². The fraction of sp³-hybridized carbons (Fsp3) is 0.250. The quantitative estimate of drug-likeness (QED) is 0.709. The number of aromatic amines is 1. The molecule has 0 bridgehead atoms. The number of fused-ring (bicyclic) bond motifs is 1. The Morgan fingerprint density at radius 2 is 2.23 bits per heavy atom. The normalized spacial score (nSPS) is 16.2. The van der Waals surface area contributed by atoms with E-state index in [0.717, 1.165) is 0 Å². The monoisotopic (exact) mass is 391 g/mol. The summed E-state index contributed by atoms with van der Waals surface area (Å²) in [5, 5.41) is 14.2. The molecular weight excluding hydrogens is 378 g/mol. The number of aromatic nitrogens is 3. The van der Waals surface area contributed by atoms with Crippen molar-refractivity contribution in [3.05, 3.63) is 41.3 Å². The van der Waals surface area contributed by atoms with Crippen LogP contribution in [0.25, 0.3) is 10.9 Å². The van der Waals surface area contributed by atoms with Gasteiger partial charge < -0.3 is 9.72 Å². The van der Waals surface area contributed by atoms with E-state index in [2.05, 4.69) is 14.8 Å². The first-order valence-corrected chi connectivity index (χ1v) is 9.56. The van der Waals surface area contributed by atoms with Gasteiger partial charge in [-0.3, -0.25) is 9.40 Å². The zero-order chi connectivity index (χ0) is 18.5. The van der Waals surface area contributed by atoms with E-state index in [1.54, 1.807) is 16.8 Å².